The molecule has 1 amide bonds. The van der Waals surface area contributed by atoms with Crippen LogP contribution in [0.25, 0.3) is 0 Å². The largest absolute Gasteiger partial charge is 0.493 e. The molecule has 0 bridgehead atoms. The molecule has 0 spiro atoms. The van der Waals surface area contributed by atoms with Gasteiger partial charge in [0.05, 0.1) is 14.2 Å². The lowest BCUT2D eigenvalue weighted by Crippen LogP contribution is -2.16. The SMILES string of the molecule is CCc1cccc(C)c1NC(=O)c1ccc(Nc2ccc(OC)c(OC)c2)nn1. The number of methoxy groups -OCH3 is 2. The number of amides is 1. The highest BCUT2D eigenvalue weighted by Gasteiger charge is 2.13. The van der Waals surface area contributed by atoms with Gasteiger partial charge in [-0.3, -0.25) is 4.79 Å². The fraction of sp³-hybridized carbons (Fsp3) is 0.227. The van der Waals surface area contributed by atoms with Gasteiger partial charge in [-0.15, -0.1) is 10.2 Å². The van der Waals surface area contributed by atoms with E-state index in [9.17, 15) is 4.79 Å². The predicted molar refractivity (Wildman–Crippen MR) is 113 cm³/mol. The molecule has 0 aliphatic rings. The third-order valence-corrected chi connectivity index (χ3v) is 4.53. The summed E-state index contributed by atoms with van der Waals surface area (Å²) < 4.78 is 10.5. The van der Waals surface area contributed by atoms with Crippen molar-refractivity contribution in [3.8, 4) is 11.5 Å². The number of hydrogen-bond donors (Lipinski definition) is 2. The van der Waals surface area contributed by atoms with Crippen LogP contribution in [0.5, 0.6) is 11.5 Å². The van der Waals surface area contributed by atoms with Gasteiger partial charge in [-0.05, 0) is 48.7 Å². The summed E-state index contributed by atoms with van der Waals surface area (Å²) in [6.45, 7) is 4.02. The minimum Gasteiger partial charge on any atom is -0.493 e. The average Bonchev–Trinajstić information content (AvgIpc) is 2.75. The molecule has 29 heavy (non-hydrogen) atoms. The van der Waals surface area contributed by atoms with Gasteiger partial charge in [0.25, 0.3) is 5.91 Å². The Hall–Kier alpha value is -3.61. The van der Waals surface area contributed by atoms with E-state index in [1.54, 1.807) is 38.5 Å². The summed E-state index contributed by atoms with van der Waals surface area (Å²) in [5.41, 5.74) is 3.93. The highest BCUT2D eigenvalue weighted by molar-refractivity contribution is 6.03. The monoisotopic (exact) mass is 392 g/mol. The number of para-hydroxylation sites is 1. The zero-order valence-corrected chi connectivity index (χ0v) is 16.9. The number of aryl methyl sites for hydroxylation is 2. The first-order chi connectivity index (χ1) is 14.0. The number of anilines is 3. The van der Waals surface area contributed by atoms with Gasteiger partial charge in [0.1, 0.15) is 0 Å². The topological polar surface area (TPSA) is 85.4 Å². The number of carbonyl (C=O) groups excluding carboxylic acids is 1. The number of aromatic nitrogens is 2. The van der Waals surface area contributed by atoms with Crippen molar-refractivity contribution in [2.45, 2.75) is 20.3 Å². The van der Waals surface area contributed by atoms with Gasteiger partial charge in [-0.25, -0.2) is 0 Å². The fourth-order valence-electron chi connectivity index (χ4n) is 2.96. The van der Waals surface area contributed by atoms with Gasteiger partial charge in [0, 0.05) is 17.4 Å². The third-order valence-electron chi connectivity index (χ3n) is 4.53. The molecule has 0 atom stereocenters. The molecule has 0 saturated heterocycles. The number of carbonyl (C=O) groups is 1. The van der Waals surface area contributed by atoms with E-state index in [4.69, 9.17) is 9.47 Å². The highest BCUT2D eigenvalue weighted by Crippen LogP contribution is 2.30. The number of benzene rings is 2. The minimum absolute atomic E-state index is 0.244. The van der Waals surface area contributed by atoms with Gasteiger partial charge in [0.2, 0.25) is 0 Å². The van der Waals surface area contributed by atoms with Crippen molar-refractivity contribution < 1.29 is 14.3 Å². The van der Waals surface area contributed by atoms with Crippen molar-refractivity contribution >= 4 is 23.1 Å². The minimum atomic E-state index is -0.292. The maximum absolute atomic E-state index is 12.6. The molecule has 0 fully saturated rings. The Labute approximate surface area is 170 Å². The lowest BCUT2D eigenvalue weighted by atomic mass is 10.1. The molecule has 0 radical (unpaired) electrons. The van der Waals surface area contributed by atoms with Gasteiger partial charge in [-0.1, -0.05) is 25.1 Å². The van der Waals surface area contributed by atoms with Gasteiger partial charge >= 0.3 is 0 Å². The summed E-state index contributed by atoms with van der Waals surface area (Å²) in [6.07, 6.45) is 0.831. The van der Waals surface area contributed by atoms with Crippen LogP contribution in [0.15, 0.2) is 48.5 Å². The van der Waals surface area contributed by atoms with E-state index in [0.29, 0.717) is 17.3 Å². The zero-order chi connectivity index (χ0) is 20.8. The van der Waals surface area contributed by atoms with Crippen LogP contribution in [0.4, 0.5) is 17.2 Å². The molecule has 1 heterocycles. The Balaban J connectivity index is 1.73. The average molecular weight is 392 g/mol. The van der Waals surface area contributed by atoms with E-state index in [1.165, 1.54) is 0 Å². The highest BCUT2D eigenvalue weighted by atomic mass is 16.5. The van der Waals surface area contributed by atoms with Crippen molar-refractivity contribution in [3.63, 3.8) is 0 Å². The normalized spacial score (nSPS) is 10.3. The van der Waals surface area contributed by atoms with Crippen LogP contribution in [-0.2, 0) is 6.42 Å². The summed E-state index contributed by atoms with van der Waals surface area (Å²) in [7, 11) is 3.16. The smallest absolute Gasteiger partial charge is 0.276 e. The van der Waals surface area contributed by atoms with Gasteiger partial charge in [-0.2, -0.15) is 0 Å². The standard InChI is InChI=1S/C22H24N4O3/c1-5-15-8-6-7-14(2)21(15)24-22(27)17-10-12-20(26-25-17)23-16-9-11-18(28-3)19(13-16)29-4/h6-13H,5H2,1-4H3,(H,23,26)(H,24,27). The first kappa shape index (κ1) is 20.1. The molecular weight excluding hydrogens is 368 g/mol. The molecule has 0 aliphatic carbocycles. The summed E-state index contributed by atoms with van der Waals surface area (Å²) in [4.78, 5) is 12.6. The van der Waals surface area contributed by atoms with Crippen LogP contribution >= 0.6 is 0 Å². The number of nitrogens with zero attached hydrogens (tertiary/aromatic N) is 2. The predicted octanol–water partition coefficient (Wildman–Crippen LogP) is 4.36. The molecular formula is C22H24N4O3. The number of nitrogens with one attached hydrogen (secondary N) is 2. The van der Waals surface area contributed by atoms with Crippen molar-refractivity contribution in [1.82, 2.24) is 10.2 Å². The van der Waals surface area contributed by atoms with Crippen molar-refractivity contribution in [2.24, 2.45) is 0 Å². The molecule has 0 aliphatic heterocycles. The first-order valence-corrected chi connectivity index (χ1v) is 9.28. The van der Waals surface area contributed by atoms with Crippen molar-refractivity contribution in [1.29, 1.82) is 0 Å². The molecule has 0 unspecified atom stereocenters. The molecule has 2 N–H and O–H groups in total. The van der Waals surface area contributed by atoms with E-state index in [-0.39, 0.29) is 11.6 Å². The maximum Gasteiger partial charge on any atom is 0.276 e. The lowest BCUT2D eigenvalue weighted by Gasteiger charge is -2.13. The third kappa shape index (κ3) is 4.63. The van der Waals surface area contributed by atoms with Crippen LogP contribution in [0.3, 0.4) is 0 Å². The first-order valence-electron chi connectivity index (χ1n) is 9.28. The molecule has 1 aromatic heterocycles. The Morgan fingerprint density at radius 3 is 2.45 bits per heavy atom. The van der Waals surface area contributed by atoms with E-state index in [2.05, 4.69) is 27.8 Å². The van der Waals surface area contributed by atoms with E-state index >= 15 is 0 Å². The number of hydrogen-bond acceptors (Lipinski definition) is 6. The van der Waals surface area contributed by atoms with E-state index in [1.807, 2.05) is 31.2 Å². The second-order valence-electron chi connectivity index (χ2n) is 6.42. The number of rotatable bonds is 7. The fourth-order valence-corrected chi connectivity index (χ4v) is 2.96. The molecule has 0 saturated carbocycles. The molecule has 2 aromatic carbocycles. The summed E-state index contributed by atoms with van der Waals surface area (Å²) >= 11 is 0. The maximum atomic E-state index is 12.6. The van der Waals surface area contributed by atoms with Crippen LogP contribution in [-0.4, -0.2) is 30.3 Å². The van der Waals surface area contributed by atoms with E-state index < -0.39 is 0 Å². The summed E-state index contributed by atoms with van der Waals surface area (Å²) in [5, 5.41) is 14.2. The van der Waals surface area contributed by atoms with Crippen molar-refractivity contribution in [3.05, 3.63) is 65.4 Å². The number of ether oxygens (including phenoxy) is 2. The Morgan fingerprint density at radius 1 is 1.00 bits per heavy atom. The van der Waals surface area contributed by atoms with E-state index in [0.717, 1.165) is 28.9 Å². The lowest BCUT2D eigenvalue weighted by molar-refractivity contribution is 0.102. The van der Waals surface area contributed by atoms with Crippen LogP contribution in [0.1, 0.15) is 28.5 Å². The van der Waals surface area contributed by atoms with Crippen LogP contribution in [0, 0.1) is 6.92 Å². The second-order valence-corrected chi connectivity index (χ2v) is 6.42. The zero-order valence-electron chi connectivity index (χ0n) is 16.9. The summed E-state index contributed by atoms with van der Waals surface area (Å²) in [6, 6.07) is 14.7. The van der Waals surface area contributed by atoms with Crippen LogP contribution in [0.2, 0.25) is 0 Å². The Kier molecular flexibility index (Phi) is 6.29. The quantitative estimate of drug-likeness (QED) is 0.621. The Bertz CT molecular complexity index is 1000. The molecule has 3 aromatic rings. The van der Waals surface area contributed by atoms with Crippen molar-refractivity contribution in [2.75, 3.05) is 24.9 Å². The van der Waals surface area contributed by atoms with Gasteiger partial charge in [0.15, 0.2) is 23.0 Å². The molecule has 3 rings (SSSR count). The molecule has 7 heteroatoms. The molecule has 150 valence electrons. The Morgan fingerprint density at radius 2 is 1.79 bits per heavy atom. The molecule has 7 nitrogen and oxygen atoms in total. The summed E-state index contributed by atoms with van der Waals surface area (Å²) in [5.74, 6) is 1.46. The second kappa shape index (κ2) is 9.05. The van der Waals surface area contributed by atoms with Gasteiger partial charge < -0.3 is 20.1 Å². The van der Waals surface area contributed by atoms with Crippen LogP contribution < -0.4 is 20.1 Å².